The summed E-state index contributed by atoms with van der Waals surface area (Å²) in [6.45, 7) is 6.35. The third kappa shape index (κ3) is 2.76. The third-order valence-electron chi connectivity index (χ3n) is 2.57. The van der Waals surface area contributed by atoms with E-state index in [1.807, 2.05) is 0 Å². The van der Waals surface area contributed by atoms with E-state index >= 15 is 0 Å². The van der Waals surface area contributed by atoms with Crippen LogP contribution >= 0.6 is 22.9 Å². The van der Waals surface area contributed by atoms with Gasteiger partial charge in [0.15, 0.2) is 0 Å². The molecule has 2 heterocycles. The highest BCUT2D eigenvalue weighted by Gasteiger charge is 2.12. The maximum Gasteiger partial charge on any atom is 0.148 e. The van der Waals surface area contributed by atoms with Crippen LogP contribution < -0.4 is 5.32 Å². The molecule has 3 nitrogen and oxygen atoms in total. The number of aryl methyl sites for hydroxylation is 2. The summed E-state index contributed by atoms with van der Waals surface area (Å²) in [5.74, 6) is 0.678. The van der Waals surface area contributed by atoms with Gasteiger partial charge in [-0.1, -0.05) is 11.6 Å². The average molecular weight is 268 g/mol. The number of aromatic nitrogens is 2. The zero-order chi connectivity index (χ0) is 12.4. The molecule has 0 saturated heterocycles. The Morgan fingerprint density at radius 2 is 2.18 bits per heavy atom. The Morgan fingerprint density at radius 1 is 1.41 bits per heavy atom. The highest BCUT2D eigenvalue weighted by Crippen LogP contribution is 2.29. The molecule has 2 rings (SSSR count). The number of hydrogen-bond acceptors (Lipinski definition) is 4. The van der Waals surface area contributed by atoms with Crippen LogP contribution in [-0.2, 0) is 0 Å². The van der Waals surface area contributed by atoms with E-state index in [9.17, 15) is 0 Å². The fraction of sp³-hybridized carbons (Fsp3) is 0.333. The highest BCUT2D eigenvalue weighted by molar-refractivity contribution is 7.12. The molecular weight excluding hydrogens is 254 g/mol. The molecular formula is C12H14ClN3S. The Bertz CT molecular complexity index is 524. The molecule has 0 aliphatic heterocycles. The zero-order valence-electron chi connectivity index (χ0n) is 9.99. The van der Waals surface area contributed by atoms with Crippen molar-refractivity contribution in [3.05, 3.63) is 38.9 Å². The van der Waals surface area contributed by atoms with Crippen LogP contribution in [0.15, 0.2) is 18.6 Å². The van der Waals surface area contributed by atoms with Crippen LogP contribution in [0, 0.1) is 13.8 Å². The smallest absolute Gasteiger partial charge is 0.148 e. The van der Waals surface area contributed by atoms with Gasteiger partial charge in [0.2, 0.25) is 0 Å². The third-order valence-corrected chi connectivity index (χ3v) is 3.83. The summed E-state index contributed by atoms with van der Waals surface area (Å²) >= 11 is 7.82. The van der Waals surface area contributed by atoms with Gasteiger partial charge in [-0.3, -0.25) is 0 Å². The Kier molecular flexibility index (Phi) is 3.64. The first-order valence-electron chi connectivity index (χ1n) is 5.37. The minimum absolute atomic E-state index is 0.187. The van der Waals surface area contributed by atoms with Gasteiger partial charge in [0.05, 0.1) is 12.2 Å². The lowest BCUT2D eigenvalue weighted by Gasteiger charge is -2.15. The first kappa shape index (κ1) is 12.3. The van der Waals surface area contributed by atoms with Gasteiger partial charge >= 0.3 is 0 Å². The summed E-state index contributed by atoms with van der Waals surface area (Å²) in [4.78, 5) is 10.6. The molecule has 90 valence electrons. The SMILES string of the molecule is Cc1cc(C(C)Nc2ncncc2Cl)c(C)s1. The Balaban J connectivity index is 2.20. The van der Waals surface area contributed by atoms with E-state index in [1.54, 1.807) is 17.5 Å². The van der Waals surface area contributed by atoms with E-state index in [0.29, 0.717) is 10.8 Å². The molecule has 0 bridgehead atoms. The molecule has 0 aromatic carbocycles. The Morgan fingerprint density at radius 3 is 2.76 bits per heavy atom. The number of rotatable bonds is 3. The minimum atomic E-state index is 0.187. The second-order valence-corrected chi connectivity index (χ2v) is 5.82. The molecule has 1 N–H and O–H groups in total. The molecule has 0 spiro atoms. The van der Waals surface area contributed by atoms with E-state index in [0.717, 1.165) is 0 Å². The van der Waals surface area contributed by atoms with Gasteiger partial charge in [-0.15, -0.1) is 11.3 Å². The number of nitrogens with one attached hydrogen (secondary N) is 1. The number of hydrogen-bond donors (Lipinski definition) is 1. The summed E-state index contributed by atoms with van der Waals surface area (Å²) in [7, 11) is 0. The lowest BCUT2D eigenvalue weighted by Crippen LogP contribution is -2.08. The first-order valence-corrected chi connectivity index (χ1v) is 6.56. The van der Waals surface area contributed by atoms with Gasteiger partial charge < -0.3 is 5.32 Å². The molecule has 5 heteroatoms. The van der Waals surface area contributed by atoms with Crippen LogP contribution in [0.5, 0.6) is 0 Å². The Labute approximate surface area is 110 Å². The van der Waals surface area contributed by atoms with Gasteiger partial charge in [0, 0.05) is 9.75 Å². The molecule has 0 aliphatic carbocycles. The lowest BCUT2D eigenvalue weighted by atomic mass is 10.1. The fourth-order valence-corrected chi connectivity index (χ4v) is 2.96. The summed E-state index contributed by atoms with van der Waals surface area (Å²) in [6, 6.07) is 2.39. The molecule has 0 saturated carbocycles. The van der Waals surface area contributed by atoms with Crippen LogP contribution in [0.4, 0.5) is 5.82 Å². The largest absolute Gasteiger partial charge is 0.362 e. The minimum Gasteiger partial charge on any atom is -0.362 e. The predicted octanol–water partition coefficient (Wildman–Crippen LogP) is 3.98. The van der Waals surface area contributed by atoms with Crippen LogP contribution in [-0.4, -0.2) is 9.97 Å². The van der Waals surface area contributed by atoms with Crippen molar-refractivity contribution in [3.8, 4) is 0 Å². The monoisotopic (exact) mass is 267 g/mol. The lowest BCUT2D eigenvalue weighted by molar-refractivity contribution is 0.869. The number of anilines is 1. The molecule has 1 unspecified atom stereocenters. The fourth-order valence-electron chi connectivity index (χ4n) is 1.78. The molecule has 0 amide bonds. The van der Waals surface area contributed by atoms with E-state index in [2.05, 4.69) is 42.1 Å². The van der Waals surface area contributed by atoms with Crippen molar-refractivity contribution in [1.29, 1.82) is 0 Å². The van der Waals surface area contributed by atoms with Crippen molar-refractivity contribution < 1.29 is 0 Å². The van der Waals surface area contributed by atoms with Crippen molar-refractivity contribution in [2.75, 3.05) is 5.32 Å². The van der Waals surface area contributed by atoms with E-state index in [1.165, 1.54) is 21.6 Å². The van der Waals surface area contributed by atoms with Crippen LogP contribution in [0.2, 0.25) is 5.02 Å². The Hall–Kier alpha value is -1.13. The number of nitrogens with zero attached hydrogens (tertiary/aromatic N) is 2. The van der Waals surface area contributed by atoms with Crippen molar-refractivity contribution >= 4 is 28.8 Å². The summed E-state index contributed by atoms with van der Waals surface area (Å²) in [5, 5.41) is 3.85. The summed E-state index contributed by atoms with van der Waals surface area (Å²) in [6.07, 6.45) is 3.09. The molecule has 0 fully saturated rings. The first-order chi connectivity index (χ1) is 8.08. The maximum atomic E-state index is 6.02. The predicted molar refractivity (Wildman–Crippen MR) is 72.9 cm³/mol. The number of thiophene rings is 1. The molecule has 0 radical (unpaired) electrons. The molecule has 17 heavy (non-hydrogen) atoms. The summed E-state index contributed by atoms with van der Waals surface area (Å²) in [5.41, 5.74) is 1.29. The highest BCUT2D eigenvalue weighted by atomic mass is 35.5. The van der Waals surface area contributed by atoms with Crippen molar-refractivity contribution in [2.45, 2.75) is 26.8 Å². The van der Waals surface area contributed by atoms with Crippen LogP contribution in [0.1, 0.15) is 28.3 Å². The quantitative estimate of drug-likeness (QED) is 0.914. The molecule has 0 aliphatic rings. The molecule has 2 aromatic rings. The second kappa shape index (κ2) is 5.02. The average Bonchev–Trinajstić information content (AvgIpc) is 2.61. The van der Waals surface area contributed by atoms with Crippen molar-refractivity contribution in [3.63, 3.8) is 0 Å². The molecule has 2 aromatic heterocycles. The topological polar surface area (TPSA) is 37.8 Å². The summed E-state index contributed by atoms with van der Waals surface area (Å²) < 4.78 is 0. The molecule has 1 atom stereocenters. The van der Waals surface area contributed by atoms with Crippen LogP contribution in [0.3, 0.4) is 0 Å². The standard InChI is InChI=1S/C12H14ClN3S/c1-7-4-10(9(3)17-7)8(2)16-12-11(13)5-14-6-15-12/h4-6,8H,1-3H3,(H,14,15,16). The second-order valence-electron chi connectivity index (χ2n) is 3.95. The number of halogens is 1. The maximum absolute atomic E-state index is 6.02. The van der Waals surface area contributed by atoms with Crippen molar-refractivity contribution in [1.82, 2.24) is 9.97 Å². The van der Waals surface area contributed by atoms with Gasteiger partial charge in [-0.2, -0.15) is 0 Å². The van der Waals surface area contributed by atoms with Gasteiger partial charge in [0.1, 0.15) is 17.2 Å². The van der Waals surface area contributed by atoms with E-state index < -0.39 is 0 Å². The van der Waals surface area contributed by atoms with Gasteiger partial charge in [-0.05, 0) is 32.4 Å². The van der Waals surface area contributed by atoms with Gasteiger partial charge in [-0.25, -0.2) is 9.97 Å². The van der Waals surface area contributed by atoms with Crippen molar-refractivity contribution in [2.24, 2.45) is 0 Å². The van der Waals surface area contributed by atoms with Crippen LogP contribution in [0.25, 0.3) is 0 Å². The normalized spacial score (nSPS) is 12.5. The van der Waals surface area contributed by atoms with E-state index in [-0.39, 0.29) is 6.04 Å². The zero-order valence-corrected chi connectivity index (χ0v) is 11.6. The van der Waals surface area contributed by atoms with Gasteiger partial charge in [0.25, 0.3) is 0 Å². The van der Waals surface area contributed by atoms with E-state index in [4.69, 9.17) is 11.6 Å².